The van der Waals surface area contributed by atoms with Gasteiger partial charge in [0.25, 0.3) is 0 Å². The number of benzene rings is 1. The average molecular weight is 420 g/mol. The van der Waals surface area contributed by atoms with E-state index >= 15 is 0 Å². The predicted molar refractivity (Wildman–Crippen MR) is 116 cm³/mol. The van der Waals surface area contributed by atoms with Gasteiger partial charge in [-0.3, -0.25) is 9.69 Å². The Morgan fingerprint density at radius 2 is 1.77 bits per heavy atom. The van der Waals surface area contributed by atoms with Crippen molar-refractivity contribution in [2.45, 2.75) is 32.8 Å². The van der Waals surface area contributed by atoms with Gasteiger partial charge in [0.2, 0.25) is 5.91 Å². The number of likely N-dealkylation sites (tertiary alicyclic amines) is 1. The summed E-state index contributed by atoms with van der Waals surface area (Å²) in [4.78, 5) is 23.6. The first-order chi connectivity index (χ1) is 14.5. The Morgan fingerprint density at radius 3 is 2.40 bits per heavy atom. The Kier molecular flexibility index (Phi) is 8.30. The smallest absolute Gasteiger partial charge is 0.236 e. The highest BCUT2D eigenvalue weighted by atomic mass is 19.1. The molecule has 30 heavy (non-hydrogen) atoms. The van der Waals surface area contributed by atoms with Crippen LogP contribution in [-0.4, -0.2) is 91.6 Å². The second kappa shape index (κ2) is 11.2. The van der Waals surface area contributed by atoms with E-state index in [9.17, 15) is 9.18 Å². The van der Waals surface area contributed by atoms with Gasteiger partial charge in [0.05, 0.1) is 13.1 Å². The molecule has 2 aliphatic rings. The summed E-state index contributed by atoms with van der Waals surface area (Å²) < 4.78 is 18.9. The van der Waals surface area contributed by atoms with Crippen molar-refractivity contribution in [2.24, 2.45) is 4.99 Å². The van der Waals surface area contributed by atoms with Crippen LogP contribution in [0.5, 0.6) is 5.75 Å². The van der Waals surface area contributed by atoms with Crippen molar-refractivity contribution in [1.29, 1.82) is 0 Å². The summed E-state index contributed by atoms with van der Waals surface area (Å²) in [5.41, 5.74) is 0. The third kappa shape index (κ3) is 6.58. The third-order valence-electron chi connectivity index (χ3n) is 5.47. The molecule has 8 heteroatoms. The number of hydrogen-bond donors (Lipinski definition) is 1. The van der Waals surface area contributed by atoms with E-state index in [-0.39, 0.29) is 17.8 Å². The van der Waals surface area contributed by atoms with Gasteiger partial charge in [-0.2, -0.15) is 0 Å². The number of hydrogen-bond acceptors (Lipinski definition) is 4. The normalized spacial score (nSPS) is 19.1. The van der Waals surface area contributed by atoms with Gasteiger partial charge in [-0.05, 0) is 51.0 Å². The molecule has 2 heterocycles. The van der Waals surface area contributed by atoms with E-state index in [4.69, 9.17) is 9.73 Å². The number of rotatable bonds is 7. The van der Waals surface area contributed by atoms with Crippen LogP contribution in [0, 0.1) is 5.82 Å². The largest absolute Gasteiger partial charge is 0.489 e. The number of halogens is 1. The number of amides is 1. The van der Waals surface area contributed by atoms with E-state index in [1.807, 2.05) is 11.8 Å². The summed E-state index contributed by atoms with van der Waals surface area (Å²) in [6, 6.07) is 6.04. The van der Waals surface area contributed by atoms with E-state index in [0.717, 1.165) is 64.6 Å². The first-order valence-corrected chi connectivity index (χ1v) is 11.0. The molecule has 166 valence electrons. The Bertz CT molecular complexity index is 698. The Morgan fingerprint density at radius 1 is 1.10 bits per heavy atom. The molecule has 0 aromatic heterocycles. The maximum absolute atomic E-state index is 13.0. The summed E-state index contributed by atoms with van der Waals surface area (Å²) in [5.74, 6) is 1.50. The molecule has 1 aromatic carbocycles. The first kappa shape index (κ1) is 22.3. The molecule has 2 aliphatic heterocycles. The molecule has 0 radical (unpaired) electrons. The molecule has 0 spiro atoms. The quantitative estimate of drug-likeness (QED) is 0.540. The minimum atomic E-state index is -0.274. The van der Waals surface area contributed by atoms with Gasteiger partial charge >= 0.3 is 0 Å². The molecule has 0 bridgehead atoms. The van der Waals surface area contributed by atoms with Gasteiger partial charge in [0.1, 0.15) is 17.7 Å². The second-order valence-corrected chi connectivity index (χ2v) is 7.93. The summed E-state index contributed by atoms with van der Waals surface area (Å²) in [6.45, 7) is 11.0. The average Bonchev–Trinajstić information content (AvgIpc) is 3.29. The van der Waals surface area contributed by atoms with Gasteiger partial charge < -0.3 is 19.9 Å². The lowest BCUT2D eigenvalue weighted by Gasteiger charge is -2.36. The van der Waals surface area contributed by atoms with Crippen molar-refractivity contribution in [3.63, 3.8) is 0 Å². The minimum absolute atomic E-state index is 0.122. The van der Waals surface area contributed by atoms with Crippen LogP contribution in [0.1, 0.15) is 26.7 Å². The molecule has 2 saturated heterocycles. The number of guanidine groups is 1. The Labute approximate surface area is 178 Å². The number of carbonyl (C=O) groups excluding carboxylic acids is 1. The van der Waals surface area contributed by atoms with Crippen LogP contribution in [0.2, 0.25) is 0 Å². The zero-order chi connectivity index (χ0) is 21.3. The fourth-order valence-electron chi connectivity index (χ4n) is 3.80. The van der Waals surface area contributed by atoms with E-state index in [1.54, 1.807) is 12.1 Å². The molecular weight excluding hydrogens is 385 g/mol. The highest BCUT2D eigenvalue weighted by molar-refractivity contribution is 5.80. The lowest BCUT2D eigenvalue weighted by molar-refractivity contribution is -0.131. The van der Waals surface area contributed by atoms with Gasteiger partial charge in [-0.1, -0.05) is 0 Å². The summed E-state index contributed by atoms with van der Waals surface area (Å²) in [6.07, 6.45) is 2.14. The summed E-state index contributed by atoms with van der Waals surface area (Å²) in [7, 11) is 0. The van der Waals surface area contributed by atoms with Gasteiger partial charge in [-0.25, -0.2) is 9.38 Å². The predicted octanol–water partition coefficient (Wildman–Crippen LogP) is 1.80. The van der Waals surface area contributed by atoms with E-state index in [1.165, 1.54) is 12.1 Å². The summed E-state index contributed by atoms with van der Waals surface area (Å²) >= 11 is 0. The molecule has 1 aromatic rings. The third-order valence-corrected chi connectivity index (χ3v) is 5.47. The van der Waals surface area contributed by atoms with Crippen molar-refractivity contribution >= 4 is 11.9 Å². The molecule has 1 N–H and O–H groups in total. The molecule has 3 rings (SSSR count). The van der Waals surface area contributed by atoms with Crippen molar-refractivity contribution in [1.82, 2.24) is 20.0 Å². The molecule has 1 atom stereocenters. The molecular formula is C22H34FN5O2. The van der Waals surface area contributed by atoms with E-state index < -0.39 is 0 Å². The lowest BCUT2D eigenvalue weighted by Crippen LogP contribution is -2.54. The highest BCUT2D eigenvalue weighted by Crippen LogP contribution is 2.13. The molecule has 0 saturated carbocycles. The van der Waals surface area contributed by atoms with Gasteiger partial charge in [-0.15, -0.1) is 0 Å². The SMILES string of the molecule is CCNC(=NCC(C)Oc1ccc(F)cc1)N1CCN(CC(=O)N2CCCC2)CC1. The first-order valence-electron chi connectivity index (χ1n) is 11.0. The van der Waals surface area contributed by atoms with Crippen LogP contribution < -0.4 is 10.1 Å². The number of piperazine rings is 1. The Hall–Kier alpha value is -2.35. The lowest BCUT2D eigenvalue weighted by atomic mass is 10.3. The van der Waals surface area contributed by atoms with Crippen molar-refractivity contribution in [3.8, 4) is 5.75 Å². The molecule has 2 fully saturated rings. The summed E-state index contributed by atoms with van der Waals surface area (Å²) in [5, 5.41) is 3.36. The molecule has 7 nitrogen and oxygen atoms in total. The zero-order valence-corrected chi connectivity index (χ0v) is 18.1. The zero-order valence-electron chi connectivity index (χ0n) is 18.1. The Balaban J connectivity index is 1.47. The van der Waals surface area contributed by atoms with Crippen molar-refractivity contribution in [2.75, 3.05) is 58.9 Å². The van der Waals surface area contributed by atoms with Crippen LogP contribution in [-0.2, 0) is 4.79 Å². The topological polar surface area (TPSA) is 60.4 Å². The number of nitrogens with one attached hydrogen (secondary N) is 1. The van der Waals surface area contributed by atoms with Crippen LogP contribution in [0.4, 0.5) is 4.39 Å². The monoisotopic (exact) mass is 419 g/mol. The van der Waals surface area contributed by atoms with Gasteiger partial charge in [0, 0.05) is 45.8 Å². The van der Waals surface area contributed by atoms with Crippen LogP contribution >= 0.6 is 0 Å². The maximum atomic E-state index is 13.0. The van der Waals surface area contributed by atoms with Crippen LogP contribution in [0.15, 0.2) is 29.3 Å². The van der Waals surface area contributed by atoms with E-state index in [0.29, 0.717) is 18.8 Å². The molecule has 1 unspecified atom stereocenters. The molecule has 1 amide bonds. The second-order valence-electron chi connectivity index (χ2n) is 7.93. The minimum Gasteiger partial charge on any atom is -0.489 e. The number of carbonyl (C=O) groups is 1. The highest BCUT2D eigenvalue weighted by Gasteiger charge is 2.24. The number of ether oxygens (including phenoxy) is 1. The number of aliphatic imine (C=N–C) groups is 1. The van der Waals surface area contributed by atoms with Crippen molar-refractivity contribution in [3.05, 3.63) is 30.1 Å². The fourth-order valence-corrected chi connectivity index (χ4v) is 3.80. The maximum Gasteiger partial charge on any atom is 0.236 e. The molecule has 0 aliphatic carbocycles. The van der Waals surface area contributed by atoms with E-state index in [2.05, 4.69) is 22.0 Å². The van der Waals surface area contributed by atoms with Crippen molar-refractivity contribution < 1.29 is 13.9 Å². The fraction of sp³-hybridized carbons (Fsp3) is 0.636. The number of nitrogens with zero attached hydrogens (tertiary/aromatic N) is 4. The van der Waals surface area contributed by atoms with Crippen LogP contribution in [0.3, 0.4) is 0 Å². The standard InChI is InChI=1S/C22H34FN5O2/c1-3-24-22(25-16-18(2)30-20-8-6-19(23)7-9-20)28-14-12-26(13-15-28)17-21(29)27-10-4-5-11-27/h6-9,18H,3-5,10-17H2,1-2H3,(H,24,25). The van der Waals surface area contributed by atoms with Gasteiger partial charge in [0.15, 0.2) is 5.96 Å². The van der Waals surface area contributed by atoms with Crippen LogP contribution in [0.25, 0.3) is 0 Å².